The van der Waals surface area contributed by atoms with Crippen LogP contribution in [0.3, 0.4) is 0 Å². The summed E-state index contributed by atoms with van der Waals surface area (Å²) in [4.78, 5) is 16.8. The summed E-state index contributed by atoms with van der Waals surface area (Å²) in [5, 5.41) is 2.61. The van der Waals surface area contributed by atoms with Crippen LogP contribution in [0.2, 0.25) is 0 Å². The van der Waals surface area contributed by atoms with E-state index in [0.29, 0.717) is 10.6 Å². The van der Waals surface area contributed by atoms with Crippen LogP contribution in [-0.4, -0.2) is 18.1 Å². The van der Waals surface area contributed by atoms with Gasteiger partial charge in [0.15, 0.2) is 0 Å². The van der Waals surface area contributed by atoms with E-state index in [1.165, 1.54) is 24.0 Å². The Morgan fingerprint density at radius 1 is 1.08 bits per heavy atom. The van der Waals surface area contributed by atoms with Crippen LogP contribution < -0.4 is 0 Å². The largest absolute Gasteiger partial charge is 0.465 e. The molecule has 3 aromatic rings. The summed E-state index contributed by atoms with van der Waals surface area (Å²) in [7, 11) is 1.39. The van der Waals surface area contributed by atoms with Gasteiger partial charge in [-0.3, -0.25) is 0 Å². The van der Waals surface area contributed by atoms with Crippen LogP contribution in [0.4, 0.5) is 0 Å². The summed E-state index contributed by atoms with van der Waals surface area (Å²) in [5.74, 6) is -0.385. The highest BCUT2D eigenvalue weighted by atomic mass is 32.1. The molecule has 0 saturated carbocycles. The van der Waals surface area contributed by atoms with Gasteiger partial charge in [0.05, 0.1) is 18.4 Å². The third-order valence-corrected chi connectivity index (χ3v) is 4.47. The lowest BCUT2D eigenvalue weighted by Crippen LogP contribution is -2.03. The Kier molecular flexibility index (Phi) is 4.87. The van der Waals surface area contributed by atoms with E-state index in [1.54, 1.807) is 0 Å². The number of aryl methyl sites for hydroxylation is 1. The van der Waals surface area contributed by atoms with Crippen LogP contribution in [0.15, 0.2) is 60.0 Å². The van der Waals surface area contributed by atoms with Crippen LogP contribution in [0.5, 0.6) is 0 Å². The van der Waals surface area contributed by atoms with Crippen molar-refractivity contribution in [2.75, 3.05) is 7.11 Å². The third-order valence-electron chi connectivity index (χ3n) is 3.60. The van der Waals surface area contributed by atoms with Gasteiger partial charge in [-0.2, -0.15) is 0 Å². The van der Waals surface area contributed by atoms with Gasteiger partial charge in [0, 0.05) is 10.9 Å². The molecule has 4 heteroatoms. The Morgan fingerprint density at radius 2 is 1.79 bits per heavy atom. The van der Waals surface area contributed by atoms with Crippen LogP contribution in [0, 0.1) is 6.92 Å². The number of methoxy groups -OCH3 is 1. The maximum atomic E-state index is 12.2. The highest BCUT2D eigenvalue weighted by Crippen LogP contribution is 2.28. The molecule has 1 heterocycles. The van der Waals surface area contributed by atoms with Gasteiger partial charge in [0.1, 0.15) is 5.01 Å². The van der Waals surface area contributed by atoms with Crippen molar-refractivity contribution in [2.45, 2.75) is 6.92 Å². The van der Waals surface area contributed by atoms with E-state index in [2.05, 4.69) is 4.98 Å². The fourth-order valence-electron chi connectivity index (χ4n) is 2.29. The zero-order valence-electron chi connectivity index (χ0n) is 13.5. The normalized spacial score (nSPS) is 11.3. The maximum absolute atomic E-state index is 12.2. The van der Waals surface area contributed by atoms with E-state index in [0.717, 1.165) is 16.8 Å². The van der Waals surface area contributed by atoms with E-state index in [4.69, 9.17) is 4.74 Å². The van der Waals surface area contributed by atoms with Crippen molar-refractivity contribution < 1.29 is 9.53 Å². The number of thiazole rings is 1. The standard InChI is InChI=1S/C20H17NO2S/c1-14-8-10-15(11-9-14)12-17(20(22)23-2)19-21-18(13-24-19)16-6-4-3-5-7-16/h3-13H,1-2H3/b17-12-. The SMILES string of the molecule is COC(=O)/C(=C\c1ccc(C)cc1)c1nc(-c2ccccc2)cs1. The summed E-state index contributed by atoms with van der Waals surface area (Å²) in [6.07, 6.45) is 1.82. The quantitative estimate of drug-likeness (QED) is 0.506. The minimum absolute atomic E-state index is 0.385. The molecule has 0 fully saturated rings. The monoisotopic (exact) mass is 335 g/mol. The first-order valence-electron chi connectivity index (χ1n) is 7.55. The Labute approximate surface area is 145 Å². The number of hydrogen-bond donors (Lipinski definition) is 0. The molecular weight excluding hydrogens is 318 g/mol. The smallest absolute Gasteiger partial charge is 0.340 e. The Balaban J connectivity index is 2.00. The molecule has 24 heavy (non-hydrogen) atoms. The summed E-state index contributed by atoms with van der Waals surface area (Å²) in [5.41, 5.74) is 4.47. The molecular formula is C20H17NO2S. The summed E-state index contributed by atoms with van der Waals surface area (Å²) < 4.78 is 4.94. The van der Waals surface area contributed by atoms with Gasteiger partial charge in [-0.05, 0) is 18.6 Å². The lowest BCUT2D eigenvalue weighted by molar-refractivity contribution is -0.133. The molecule has 0 bridgehead atoms. The molecule has 0 saturated heterocycles. The molecule has 3 rings (SSSR count). The molecule has 0 N–H and O–H groups in total. The van der Waals surface area contributed by atoms with Gasteiger partial charge in [-0.25, -0.2) is 9.78 Å². The van der Waals surface area contributed by atoms with Crippen LogP contribution >= 0.6 is 11.3 Å². The molecule has 120 valence electrons. The number of rotatable bonds is 4. The highest BCUT2D eigenvalue weighted by Gasteiger charge is 2.17. The number of ether oxygens (including phenoxy) is 1. The topological polar surface area (TPSA) is 39.2 Å². The third kappa shape index (κ3) is 3.60. The second-order valence-electron chi connectivity index (χ2n) is 5.36. The van der Waals surface area contributed by atoms with E-state index >= 15 is 0 Å². The summed E-state index contributed by atoms with van der Waals surface area (Å²) in [6, 6.07) is 17.9. The predicted molar refractivity (Wildman–Crippen MR) is 98.6 cm³/mol. The minimum Gasteiger partial charge on any atom is -0.465 e. The molecule has 0 aliphatic rings. The molecule has 0 spiro atoms. The average molecular weight is 335 g/mol. The van der Waals surface area contributed by atoms with Gasteiger partial charge in [-0.15, -0.1) is 11.3 Å². The lowest BCUT2D eigenvalue weighted by atomic mass is 10.1. The Hall–Kier alpha value is -2.72. The van der Waals surface area contributed by atoms with Crippen molar-refractivity contribution in [2.24, 2.45) is 0 Å². The van der Waals surface area contributed by atoms with Crippen LogP contribution in [-0.2, 0) is 9.53 Å². The van der Waals surface area contributed by atoms with E-state index < -0.39 is 0 Å². The lowest BCUT2D eigenvalue weighted by Gasteiger charge is -2.03. The molecule has 0 atom stereocenters. The van der Waals surface area contributed by atoms with Crippen LogP contribution in [0.25, 0.3) is 22.9 Å². The summed E-state index contributed by atoms with van der Waals surface area (Å²) in [6.45, 7) is 2.03. The number of benzene rings is 2. The fraction of sp³-hybridized carbons (Fsp3) is 0.100. The molecule has 0 aliphatic carbocycles. The first-order valence-corrected chi connectivity index (χ1v) is 8.43. The Morgan fingerprint density at radius 3 is 2.46 bits per heavy atom. The van der Waals surface area contributed by atoms with Crippen LogP contribution in [0.1, 0.15) is 16.1 Å². The first-order chi connectivity index (χ1) is 11.7. The van der Waals surface area contributed by atoms with Gasteiger partial charge in [0.25, 0.3) is 0 Å². The number of nitrogens with zero attached hydrogens (tertiary/aromatic N) is 1. The van der Waals surface area contributed by atoms with Gasteiger partial charge in [0.2, 0.25) is 0 Å². The maximum Gasteiger partial charge on any atom is 0.340 e. The average Bonchev–Trinajstić information content (AvgIpc) is 3.11. The minimum atomic E-state index is -0.385. The number of hydrogen-bond acceptors (Lipinski definition) is 4. The molecule has 0 amide bonds. The number of esters is 1. The molecule has 1 aromatic heterocycles. The fourth-order valence-corrected chi connectivity index (χ4v) is 3.12. The van der Waals surface area contributed by atoms with Gasteiger partial charge >= 0.3 is 5.97 Å². The van der Waals surface area contributed by atoms with Crippen molar-refractivity contribution in [3.8, 4) is 11.3 Å². The highest BCUT2D eigenvalue weighted by molar-refractivity contribution is 7.11. The van der Waals surface area contributed by atoms with E-state index in [1.807, 2.05) is 73.0 Å². The second kappa shape index (κ2) is 7.23. The molecule has 2 aromatic carbocycles. The Bertz CT molecular complexity index is 864. The van der Waals surface area contributed by atoms with Crippen molar-refractivity contribution in [3.63, 3.8) is 0 Å². The summed E-state index contributed by atoms with van der Waals surface area (Å²) >= 11 is 1.44. The van der Waals surface area contributed by atoms with Crippen molar-refractivity contribution >= 4 is 29.0 Å². The van der Waals surface area contributed by atoms with Crippen molar-refractivity contribution in [1.29, 1.82) is 0 Å². The molecule has 3 nitrogen and oxygen atoms in total. The number of carbonyl (C=O) groups is 1. The molecule has 0 unspecified atom stereocenters. The van der Waals surface area contributed by atoms with E-state index in [-0.39, 0.29) is 5.97 Å². The zero-order chi connectivity index (χ0) is 16.9. The van der Waals surface area contributed by atoms with Gasteiger partial charge in [-0.1, -0.05) is 60.2 Å². The first kappa shape index (κ1) is 16.1. The van der Waals surface area contributed by atoms with Gasteiger partial charge < -0.3 is 4.74 Å². The van der Waals surface area contributed by atoms with E-state index in [9.17, 15) is 4.79 Å². The second-order valence-corrected chi connectivity index (χ2v) is 6.22. The molecule has 0 aliphatic heterocycles. The van der Waals surface area contributed by atoms with Crippen molar-refractivity contribution in [1.82, 2.24) is 4.98 Å². The molecule has 0 radical (unpaired) electrons. The number of aromatic nitrogens is 1. The predicted octanol–water partition coefficient (Wildman–Crippen LogP) is 4.83. The number of carbonyl (C=O) groups excluding carboxylic acids is 1. The zero-order valence-corrected chi connectivity index (χ0v) is 14.3. The van der Waals surface area contributed by atoms with Crippen molar-refractivity contribution in [3.05, 3.63) is 76.1 Å².